The molecule has 0 fully saturated rings. The normalized spacial score (nSPS) is 13.0. The van der Waals surface area contributed by atoms with E-state index in [1.54, 1.807) is 12.1 Å². The highest BCUT2D eigenvalue weighted by molar-refractivity contribution is 7.15. The van der Waals surface area contributed by atoms with Crippen molar-refractivity contribution in [3.63, 3.8) is 0 Å². The van der Waals surface area contributed by atoms with E-state index in [0.717, 1.165) is 11.1 Å². The Morgan fingerprint density at radius 1 is 0.667 bits per heavy atom. The molecule has 0 aliphatic carbocycles. The van der Waals surface area contributed by atoms with Crippen LogP contribution in [0, 0.1) is 0 Å². The first kappa shape index (κ1) is 24.6. The van der Waals surface area contributed by atoms with Crippen LogP contribution in [0.25, 0.3) is 0 Å². The minimum Gasteiger partial charge on any atom is -0.343 e. The van der Waals surface area contributed by atoms with Crippen LogP contribution in [0.3, 0.4) is 0 Å². The highest BCUT2D eigenvalue weighted by atomic mass is 32.1. The predicted octanol–water partition coefficient (Wildman–Crippen LogP) is 3.81. The van der Waals surface area contributed by atoms with Gasteiger partial charge in [0.25, 0.3) is 11.8 Å². The number of benzene rings is 2. The van der Waals surface area contributed by atoms with Crippen molar-refractivity contribution in [1.82, 2.24) is 20.4 Å². The second kappa shape index (κ2) is 11.7. The van der Waals surface area contributed by atoms with Gasteiger partial charge in [0.05, 0.1) is 21.8 Å². The third-order valence-electron chi connectivity index (χ3n) is 5.16. The van der Waals surface area contributed by atoms with Gasteiger partial charge in [-0.2, -0.15) is 0 Å². The molecule has 6 nitrogen and oxygen atoms in total. The van der Waals surface area contributed by atoms with Crippen molar-refractivity contribution in [2.45, 2.75) is 12.1 Å². The lowest BCUT2D eigenvalue weighted by Gasteiger charge is -2.23. The average Bonchev–Trinajstić information content (AvgIpc) is 3.29. The van der Waals surface area contributed by atoms with Crippen LogP contribution in [0.1, 0.15) is 42.6 Å². The van der Waals surface area contributed by atoms with Gasteiger partial charge in [0, 0.05) is 13.1 Å². The zero-order chi connectivity index (χ0) is 23.8. The molecular formula is C26H32N4O2S. The van der Waals surface area contributed by atoms with Gasteiger partial charge in [0.2, 0.25) is 0 Å². The van der Waals surface area contributed by atoms with Gasteiger partial charge in [0.15, 0.2) is 0 Å². The Morgan fingerprint density at radius 2 is 1.03 bits per heavy atom. The predicted molar refractivity (Wildman–Crippen MR) is 135 cm³/mol. The Kier molecular flexibility index (Phi) is 8.77. The Bertz CT molecular complexity index is 953. The maximum absolute atomic E-state index is 13.0. The molecule has 0 saturated heterocycles. The van der Waals surface area contributed by atoms with Gasteiger partial charge in [-0.25, -0.2) is 0 Å². The maximum Gasteiger partial charge on any atom is 0.261 e. The molecule has 174 valence electrons. The number of hydrogen-bond donors (Lipinski definition) is 2. The molecule has 0 radical (unpaired) electrons. The molecule has 2 N–H and O–H groups in total. The van der Waals surface area contributed by atoms with E-state index in [-0.39, 0.29) is 23.9 Å². The molecule has 2 aromatic carbocycles. The van der Waals surface area contributed by atoms with Crippen LogP contribution in [0.5, 0.6) is 0 Å². The number of thiophene rings is 1. The molecule has 0 aliphatic heterocycles. The van der Waals surface area contributed by atoms with E-state index >= 15 is 0 Å². The van der Waals surface area contributed by atoms with E-state index in [1.807, 2.05) is 98.7 Å². The van der Waals surface area contributed by atoms with Crippen LogP contribution >= 0.6 is 11.3 Å². The minimum absolute atomic E-state index is 0.143. The van der Waals surface area contributed by atoms with Gasteiger partial charge >= 0.3 is 0 Å². The monoisotopic (exact) mass is 464 g/mol. The molecule has 3 rings (SSSR count). The number of rotatable bonds is 10. The molecule has 7 heteroatoms. The summed E-state index contributed by atoms with van der Waals surface area (Å²) in [5.41, 5.74) is 2.09. The Balaban J connectivity index is 1.70. The first-order chi connectivity index (χ1) is 15.8. The largest absolute Gasteiger partial charge is 0.343 e. The zero-order valence-electron chi connectivity index (χ0n) is 19.6. The Morgan fingerprint density at radius 3 is 1.36 bits per heavy atom. The lowest BCUT2D eigenvalue weighted by atomic mass is 10.1. The lowest BCUT2D eigenvalue weighted by Crippen LogP contribution is -2.35. The first-order valence-corrected chi connectivity index (χ1v) is 11.8. The number of nitrogens with zero attached hydrogens (tertiary/aromatic N) is 2. The van der Waals surface area contributed by atoms with E-state index in [2.05, 4.69) is 10.6 Å². The minimum atomic E-state index is -0.178. The van der Waals surface area contributed by atoms with Crippen LogP contribution in [0.15, 0.2) is 72.8 Å². The summed E-state index contributed by atoms with van der Waals surface area (Å²) in [6, 6.07) is 23.0. The van der Waals surface area contributed by atoms with Crippen LogP contribution in [0.2, 0.25) is 0 Å². The van der Waals surface area contributed by atoms with Crippen LogP contribution < -0.4 is 10.6 Å². The van der Waals surface area contributed by atoms with E-state index in [9.17, 15) is 9.59 Å². The van der Waals surface area contributed by atoms with Gasteiger partial charge in [-0.15, -0.1) is 11.3 Å². The molecule has 0 saturated carbocycles. The number of likely N-dealkylation sites (N-methyl/N-ethyl adjacent to an activating group) is 2. The fourth-order valence-corrected chi connectivity index (χ4v) is 4.42. The highest BCUT2D eigenvalue weighted by Crippen LogP contribution is 2.21. The van der Waals surface area contributed by atoms with E-state index < -0.39 is 0 Å². The molecule has 3 aromatic rings. The lowest BCUT2D eigenvalue weighted by molar-refractivity contribution is 0.0927. The van der Waals surface area contributed by atoms with Gasteiger partial charge in [-0.05, 0) is 51.5 Å². The fourth-order valence-electron chi connectivity index (χ4n) is 3.61. The van der Waals surface area contributed by atoms with Crippen molar-refractivity contribution in [3.8, 4) is 0 Å². The number of hydrogen-bond acceptors (Lipinski definition) is 5. The highest BCUT2D eigenvalue weighted by Gasteiger charge is 2.21. The SMILES string of the molecule is CN(C)CC(NC(=O)c1ccc(C(=O)NC(CN(C)C)c2ccccc2)s1)c1ccccc1. The number of nitrogens with one attached hydrogen (secondary N) is 2. The van der Waals surface area contributed by atoms with Crippen LogP contribution in [0.4, 0.5) is 0 Å². The number of amides is 2. The maximum atomic E-state index is 13.0. The van der Waals surface area contributed by atoms with Crippen molar-refractivity contribution < 1.29 is 9.59 Å². The van der Waals surface area contributed by atoms with Gasteiger partial charge < -0.3 is 20.4 Å². The second-order valence-electron chi connectivity index (χ2n) is 8.56. The molecule has 33 heavy (non-hydrogen) atoms. The summed E-state index contributed by atoms with van der Waals surface area (Å²) in [4.78, 5) is 31.1. The summed E-state index contributed by atoms with van der Waals surface area (Å²) in [7, 11) is 7.91. The van der Waals surface area contributed by atoms with Crippen LogP contribution in [-0.4, -0.2) is 62.9 Å². The zero-order valence-corrected chi connectivity index (χ0v) is 20.4. The summed E-state index contributed by atoms with van der Waals surface area (Å²) < 4.78 is 0. The molecule has 0 bridgehead atoms. The van der Waals surface area contributed by atoms with E-state index in [1.165, 1.54) is 11.3 Å². The van der Waals surface area contributed by atoms with Crippen molar-refractivity contribution in [2.24, 2.45) is 0 Å². The second-order valence-corrected chi connectivity index (χ2v) is 9.65. The number of carbonyl (C=O) groups excluding carboxylic acids is 2. The van der Waals surface area contributed by atoms with E-state index in [0.29, 0.717) is 22.8 Å². The third kappa shape index (κ3) is 7.25. The third-order valence-corrected chi connectivity index (χ3v) is 6.25. The average molecular weight is 465 g/mol. The molecule has 2 unspecified atom stereocenters. The molecule has 1 heterocycles. The number of carbonyl (C=O) groups is 2. The first-order valence-electron chi connectivity index (χ1n) is 10.9. The summed E-state index contributed by atoms with van der Waals surface area (Å²) in [5.74, 6) is -0.356. The molecule has 0 aliphatic rings. The summed E-state index contributed by atoms with van der Waals surface area (Å²) >= 11 is 1.21. The van der Waals surface area contributed by atoms with Gasteiger partial charge in [-0.3, -0.25) is 9.59 Å². The molecule has 2 amide bonds. The summed E-state index contributed by atoms with van der Waals surface area (Å²) in [5, 5.41) is 6.23. The van der Waals surface area contributed by atoms with Crippen molar-refractivity contribution in [3.05, 3.63) is 93.7 Å². The van der Waals surface area contributed by atoms with Crippen molar-refractivity contribution in [1.29, 1.82) is 0 Å². The van der Waals surface area contributed by atoms with Crippen molar-refractivity contribution >= 4 is 23.2 Å². The topological polar surface area (TPSA) is 64.7 Å². The van der Waals surface area contributed by atoms with Gasteiger partial charge in [0.1, 0.15) is 0 Å². The van der Waals surface area contributed by atoms with Crippen LogP contribution in [-0.2, 0) is 0 Å². The standard InChI is InChI=1S/C26H32N4O2S/c1-29(2)17-21(19-11-7-5-8-12-19)27-25(31)23-15-16-24(33-23)26(32)28-22(18-30(3)4)20-13-9-6-10-14-20/h5-16,21-22H,17-18H2,1-4H3,(H,27,31)(H,28,32). The smallest absolute Gasteiger partial charge is 0.261 e. The summed E-state index contributed by atoms with van der Waals surface area (Å²) in [6.07, 6.45) is 0. The molecular weight excluding hydrogens is 432 g/mol. The van der Waals surface area contributed by atoms with Gasteiger partial charge in [-0.1, -0.05) is 60.7 Å². The quantitative estimate of drug-likeness (QED) is 0.479. The fraction of sp³-hybridized carbons (Fsp3) is 0.308. The van der Waals surface area contributed by atoms with E-state index in [4.69, 9.17) is 0 Å². The molecule has 2 atom stereocenters. The molecule has 0 spiro atoms. The van der Waals surface area contributed by atoms with Crippen molar-refractivity contribution in [2.75, 3.05) is 41.3 Å². The Labute approximate surface area is 200 Å². The Hall–Kier alpha value is -3.00. The summed E-state index contributed by atoms with van der Waals surface area (Å²) in [6.45, 7) is 1.36. The molecule has 1 aromatic heterocycles.